The van der Waals surface area contributed by atoms with Crippen LogP contribution in [0.4, 0.5) is 0 Å². The van der Waals surface area contributed by atoms with E-state index in [4.69, 9.17) is 4.98 Å². The molecule has 3 aromatic rings. The smallest absolute Gasteiger partial charge is 0.260 e. The Bertz CT molecular complexity index is 1070. The second kappa shape index (κ2) is 7.14. The number of H-pyrrole nitrogens is 1. The van der Waals surface area contributed by atoms with Crippen molar-refractivity contribution in [2.24, 2.45) is 0 Å². The molecule has 2 fully saturated rings. The molecule has 1 aliphatic carbocycles. The molecule has 1 aromatic carbocycles. The predicted molar refractivity (Wildman–Crippen MR) is 110 cm³/mol. The molecule has 7 heteroatoms. The van der Waals surface area contributed by atoms with Crippen LogP contribution in [0.3, 0.4) is 0 Å². The number of fused-ring (bicyclic) bond motifs is 1. The number of amides is 1. The highest BCUT2D eigenvalue weighted by Crippen LogP contribution is 2.31. The topological polar surface area (TPSA) is 78.1 Å². The van der Waals surface area contributed by atoms with Gasteiger partial charge in [0.15, 0.2) is 0 Å². The first kappa shape index (κ1) is 17.6. The first-order valence-corrected chi connectivity index (χ1v) is 10.7. The molecular formula is C21H22N4O2S. The molecule has 5 rings (SSSR count). The standard InChI is InChI=1S/C21H22N4O2S/c26-19(22-14-8-9-14)16-7-4-10-25(16)11-17-23-20(27)18-15(12-28-21(18)24-17)13-5-2-1-3-6-13/h1-3,5-6,12,14,16H,4,7-11H2,(H,22,26)(H,23,24,27). The largest absolute Gasteiger partial charge is 0.352 e. The van der Waals surface area contributed by atoms with Crippen molar-refractivity contribution in [3.05, 3.63) is 51.9 Å². The first-order chi connectivity index (χ1) is 13.7. The highest BCUT2D eigenvalue weighted by molar-refractivity contribution is 7.17. The second-order valence-electron chi connectivity index (χ2n) is 7.62. The van der Waals surface area contributed by atoms with E-state index in [1.54, 1.807) is 0 Å². The summed E-state index contributed by atoms with van der Waals surface area (Å²) in [4.78, 5) is 35.8. The molecule has 6 nitrogen and oxygen atoms in total. The normalized spacial score (nSPS) is 19.9. The van der Waals surface area contributed by atoms with Crippen LogP contribution in [-0.4, -0.2) is 39.4 Å². The van der Waals surface area contributed by atoms with Crippen LogP contribution in [0.1, 0.15) is 31.5 Å². The van der Waals surface area contributed by atoms with Crippen LogP contribution < -0.4 is 10.9 Å². The van der Waals surface area contributed by atoms with Gasteiger partial charge in [0.05, 0.1) is 18.0 Å². The van der Waals surface area contributed by atoms with Gasteiger partial charge in [0.1, 0.15) is 10.7 Å². The van der Waals surface area contributed by atoms with Gasteiger partial charge < -0.3 is 10.3 Å². The summed E-state index contributed by atoms with van der Waals surface area (Å²) in [5, 5.41) is 5.74. The molecule has 0 bridgehead atoms. The fourth-order valence-electron chi connectivity index (χ4n) is 3.93. The van der Waals surface area contributed by atoms with Gasteiger partial charge in [0.2, 0.25) is 5.91 Å². The molecule has 1 saturated carbocycles. The van der Waals surface area contributed by atoms with Crippen LogP contribution in [0.5, 0.6) is 0 Å². The number of likely N-dealkylation sites (tertiary alicyclic amines) is 1. The monoisotopic (exact) mass is 394 g/mol. The number of rotatable bonds is 5. The van der Waals surface area contributed by atoms with Gasteiger partial charge in [-0.1, -0.05) is 30.3 Å². The summed E-state index contributed by atoms with van der Waals surface area (Å²) in [6, 6.07) is 10.1. The van der Waals surface area contributed by atoms with Crippen LogP contribution in [0.15, 0.2) is 40.5 Å². The quantitative estimate of drug-likeness (QED) is 0.698. The SMILES string of the molecule is O=C(NC1CC1)C1CCCN1Cc1nc2scc(-c3ccccc3)c2c(=O)[nH]1. The van der Waals surface area contributed by atoms with Crippen molar-refractivity contribution >= 4 is 27.5 Å². The zero-order valence-electron chi connectivity index (χ0n) is 15.5. The van der Waals surface area contributed by atoms with Crippen LogP contribution in [-0.2, 0) is 11.3 Å². The van der Waals surface area contributed by atoms with E-state index in [9.17, 15) is 9.59 Å². The van der Waals surface area contributed by atoms with E-state index in [1.165, 1.54) is 11.3 Å². The van der Waals surface area contributed by atoms with Crippen LogP contribution >= 0.6 is 11.3 Å². The molecule has 3 heterocycles. The van der Waals surface area contributed by atoms with Gasteiger partial charge in [0.25, 0.3) is 5.56 Å². The summed E-state index contributed by atoms with van der Waals surface area (Å²) in [5.41, 5.74) is 1.83. The molecule has 0 spiro atoms. The lowest BCUT2D eigenvalue weighted by Gasteiger charge is -2.23. The molecule has 144 valence electrons. The summed E-state index contributed by atoms with van der Waals surface area (Å²) >= 11 is 1.49. The van der Waals surface area contributed by atoms with Crippen molar-refractivity contribution in [2.45, 2.75) is 44.3 Å². The maximum atomic E-state index is 12.8. The van der Waals surface area contributed by atoms with E-state index >= 15 is 0 Å². The number of hydrogen-bond donors (Lipinski definition) is 2. The number of aromatic nitrogens is 2. The average Bonchev–Trinajstić information content (AvgIpc) is 3.21. The van der Waals surface area contributed by atoms with E-state index in [-0.39, 0.29) is 17.5 Å². The Kier molecular flexibility index (Phi) is 4.49. The summed E-state index contributed by atoms with van der Waals surface area (Å²) < 4.78 is 0. The summed E-state index contributed by atoms with van der Waals surface area (Å²) in [6.45, 7) is 1.34. The lowest BCUT2D eigenvalue weighted by molar-refractivity contribution is -0.125. The molecular weight excluding hydrogens is 372 g/mol. The van der Waals surface area contributed by atoms with Gasteiger partial charge in [-0.2, -0.15) is 0 Å². The molecule has 1 amide bonds. The lowest BCUT2D eigenvalue weighted by Crippen LogP contribution is -2.44. The average molecular weight is 395 g/mol. The van der Waals surface area contributed by atoms with Crippen molar-refractivity contribution < 1.29 is 4.79 Å². The molecule has 2 aromatic heterocycles. The fraction of sp³-hybridized carbons (Fsp3) is 0.381. The minimum absolute atomic E-state index is 0.113. The Balaban J connectivity index is 1.41. The van der Waals surface area contributed by atoms with E-state index in [0.717, 1.165) is 48.2 Å². The maximum absolute atomic E-state index is 12.8. The first-order valence-electron chi connectivity index (χ1n) is 9.79. The van der Waals surface area contributed by atoms with Crippen molar-refractivity contribution in [3.63, 3.8) is 0 Å². The highest BCUT2D eigenvalue weighted by atomic mass is 32.1. The number of benzene rings is 1. The van der Waals surface area contributed by atoms with E-state index < -0.39 is 0 Å². The fourth-order valence-corrected chi connectivity index (χ4v) is 4.90. The van der Waals surface area contributed by atoms with Crippen molar-refractivity contribution in [2.75, 3.05) is 6.54 Å². The Morgan fingerprint density at radius 1 is 1.25 bits per heavy atom. The lowest BCUT2D eigenvalue weighted by atomic mass is 10.1. The van der Waals surface area contributed by atoms with Gasteiger partial charge in [0, 0.05) is 17.0 Å². The number of carbonyl (C=O) groups excluding carboxylic acids is 1. The Morgan fingerprint density at radius 2 is 2.07 bits per heavy atom. The van der Waals surface area contributed by atoms with Crippen LogP contribution in [0, 0.1) is 0 Å². The number of thiophene rings is 1. The van der Waals surface area contributed by atoms with Crippen LogP contribution in [0.2, 0.25) is 0 Å². The molecule has 1 saturated heterocycles. The zero-order valence-corrected chi connectivity index (χ0v) is 16.3. The number of nitrogens with zero attached hydrogens (tertiary/aromatic N) is 2. The Morgan fingerprint density at radius 3 is 2.86 bits per heavy atom. The number of carbonyl (C=O) groups is 1. The number of hydrogen-bond acceptors (Lipinski definition) is 5. The number of nitrogens with one attached hydrogen (secondary N) is 2. The summed E-state index contributed by atoms with van der Waals surface area (Å²) in [7, 11) is 0. The maximum Gasteiger partial charge on any atom is 0.260 e. The zero-order chi connectivity index (χ0) is 19.1. The minimum Gasteiger partial charge on any atom is -0.352 e. The third-order valence-electron chi connectivity index (χ3n) is 5.52. The van der Waals surface area contributed by atoms with E-state index in [2.05, 4.69) is 15.2 Å². The molecule has 2 N–H and O–H groups in total. The third kappa shape index (κ3) is 3.36. The van der Waals surface area contributed by atoms with Gasteiger partial charge >= 0.3 is 0 Å². The summed E-state index contributed by atoms with van der Waals surface area (Å²) in [5.74, 6) is 0.746. The minimum atomic E-state index is -0.121. The summed E-state index contributed by atoms with van der Waals surface area (Å²) in [6.07, 6.45) is 4.03. The van der Waals surface area contributed by atoms with Crippen molar-refractivity contribution in [3.8, 4) is 11.1 Å². The van der Waals surface area contributed by atoms with E-state index in [0.29, 0.717) is 23.8 Å². The predicted octanol–water partition coefficient (Wildman–Crippen LogP) is 2.89. The third-order valence-corrected chi connectivity index (χ3v) is 6.39. The Labute approximate surface area is 166 Å². The van der Waals surface area contributed by atoms with Crippen molar-refractivity contribution in [1.29, 1.82) is 0 Å². The van der Waals surface area contributed by atoms with Gasteiger partial charge in [-0.25, -0.2) is 4.98 Å². The molecule has 1 unspecified atom stereocenters. The van der Waals surface area contributed by atoms with E-state index in [1.807, 2.05) is 35.7 Å². The molecule has 0 radical (unpaired) electrons. The molecule has 1 atom stereocenters. The second-order valence-corrected chi connectivity index (χ2v) is 8.48. The Hall–Kier alpha value is -2.51. The van der Waals surface area contributed by atoms with Gasteiger partial charge in [-0.05, 0) is 37.8 Å². The van der Waals surface area contributed by atoms with Gasteiger partial charge in [-0.3, -0.25) is 14.5 Å². The highest BCUT2D eigenvalue weighted by Gasteiger charge is 2.34. The molecule has 28 heavy (non-hydrogen) atoms. The van der Waals surface area contributed by atoms with Gasteiger partial charge in [-0.15, -0.1) is 11.3 Å². The van der Waals surface area contributed by atoms with Crippen LogP contribution in [0.25, 0.3) is 21.3 Å². The molecule has 2 aliphatic rings. The van der Waals surface area contributed by atoms with Crippen molar-refractivity contribution in [1.82, 2.24) is 20.2 Å². The molecule has 1 aliphatic heterocycles. The number of aromatic amines is 1.